The lowest BCUT2D eigenvalue weighted by molar-refractivity contribution is -0.130. The molecule has 2 aliphatic rings. The molecule has 0 aromatic carbocycles. The Balaban J connectivity index is 1.33. The van der Waals surface area contributed by atoms with Gasteiger partial charge in [-0.1, -0.05) is 5.16 Å². The second kappa shape index (κ2) is 6.33. The van der Waals surface area contributed by atoms with Gasteiger partial charge in [-0.15, -0.1) is 11.3 Å². The van der Waals surface area contributed by atoms with Gasteiger partial charge in [-0.2, -0.15) is 4.98 Å². The third kappa shape index (κ3) is 3.20. The van der Waals surface area contributed by atoms with Crippen molar-refractivity contribution in [1.29, 1.82) is 0 Å². The maximum Gasteiger partial charge on any atom is 0.227 e. The van der Waals surface area contributed by atoms with E-state index in [0.29, 0.717) is 36.4 Å². The van der Waals surface area contributed by atoms with Crippen LogP contribution < -0.4 is 5.32 Å². The third-order valence-electron chi connectivity index (χ3n) is 4.55. The van der Waals surface area contributed by atoms with Crippen molar-refractivity contribution in [2.24, 2.45) is 11.8 Å². The van der Waals surface area contributed by atoms with Crippen LogP contribution in [0.4, 0.5) is 0 Å². The lowest BCUT2D eigenvalue weighted by atomic mass is 10.0. The highest BCUT2D eigenvalue weighted by atomic mass is 79.9. The van der Waals surface area contributed by atoms with E-state index in [1.807, 2.05) is 16.3 Å². The molecule has 4 heterocycles. The average Bonchev–Trinajstić information content (AvgIpc) is 3.27. The van der Waals surface area contributed by atoms with Crippen molar-refractivity contribution in [1.82, 2.24) is 20.4 Å². The van der Waals surface area contributed by atoms with Crippen LogP contribution in [0.2, 0.25) is 0 Å². The minimum atomic E-state index is 0.193. The second-order valence-corrected chi connectivity index (χ2v) is 7.94. The van der Waals surface area contributed by atoms with Crippen molar-refractivity contribution in [3.63, 3.8) is 0 Å². The monoisotopic (exact) mass is 396 g/mol. The van der Waals surface area contributed by atoms with Crippen molar-refractivity contribution < 1.29 is 9.32 Å². The highest BCUT2D eigenvalue weighted by Gasteiger charge is 2.37. The number of fused-ring (bicyclic) bond motifs is 1. The Morgan fingerprint density at radius 1 is 1.43 bits per heavy atom. The molecule has 0 unspecified atom stereocenters. The Bertz CT molecular complexity index is 704. The largest absolute Gasteiger partial charge is 0.342 e. The number of carbonyl (C=O) groups excluding carboxylic acids is 1. The molecule has 2 saturated heterocycles. The summed E-state index contributed by atoms with van der Waals surface area (Å²) in [5, 5.41) is 9.36. The smallest absolute Gasteiger partial charge is 0.227 e. The van der Waals surface area contributed by atoms with E-state index in [1.54, 1.807) is 11.3 Å². The highest BCUT2D eigenvalue weighted by Crippen LogP contribution is 2.28. The fourth-order valence-corrected chi connectivity index (χ4v) is 4.67. The number of thiophene rings is 1. The molecule has 2 fully saturated rings. The molecule has 0 saturated carbocycles. The summed E-state index contributed by atoms with van der Waals surface area (Å²) in [6.45, 7) is 3.85. The molecule has 4 rings (SSSR count). The van der Waals surface area contributed by atoms with Crippen LogP contribution in [0.25, 0.3) is 10.7 Å². The quantitative estimate of drug-likeness (QED) is 0.857. The Hall–Kier alpha value is -1.25. The van der Waals surface area contributed by atoms with E-state index in [2.05, 4.69) is 31.4 Å². The molecule has 0 aliphatic carbocycles. The predicted octanol–water partition coefficient (Wildman–Crippen LogP) is 2.17. The summed E-state index contributed by atoms with van der Waals surface area (Å²) >= 11 is 4.97. The van der Waals surface area contributed by atoms with Crippen LogP contribution in [0.15, 0.2) is 20.4 Å². The van der Waals surface area contributed by atoms with Crippen LogP contribution in [0.5, 0.6) is 0 Å². The third-order valence-corrected chi connectivity index (χ3v) is 6.24. The van der Waals surface area contributed by atoms with E-state index in [-0.39, 0.29) is 5.91 Å². The molecule has 2 aromatic heterocycles. The zero-order chi connectivity index (χ0) is 15.8. The molecule has 122 valence electrons. The standard InChI is InChI=1S/C15H17BrN4O2S/c16-11-3-12(23-8-11)15-18-13(22-19-15)1-2-14(21)20-6-9-4-17-5-10(9)7-20/h3,8-10,17H,1-2,4-7H2/t9-,10+. The van der Waals surface area contributed by atoms with Gasteiger partial charge in [-0.3, -0.25) is 4.79 Å². The number of halogens is 1. The Morgan fingerprint density at radius 3 is 2.91 bits per heavy atom. The van der Waals surface area contributed by atoms with Crippen molar-refractivity contribution in [2.75, 3.05) is 26.2 Å². The molecule has 2 atom stereocenters. The summed E-state index contributed by atoms with van der Waals surface area (Å²) in [6.07, 6.45) is 0.936. The van der Waals surface area contributed by atoms with E-state index in [9.17, 15) is 4.79 Å². The first-order valence-electron chi connectivity index (χ1n) is 7.74. The van der Waals surface area contributed by atoms with E-state index in [0.717, 1.165) is 35.5 Å². The number of carbonyl (C=O) groups is 1. The molecule has 8 heteroatoms. The lowest BCUT2D eigenvalue weighted by Gasteiger charge is -2.16. The number of likely N-dealkylation sites (tertiary alicyclic amines) is 1. The first kappa shape index (κ1) is 15.3. The molecular weight excluding hydrogens is 380 g/mol. The molecule has 2 aromatic rings. The second-order valence-electron chi connectivity index (χ2n) is 6.12. The van der Waals surface area contributed by atoms with E-state index in [1.165, 1.54) is 0 Å². The van der Waals surface area contributed by atoms with E-state index >= 15 is 0 Å². The van der Waals surface area contributed by atoms with Crippen LogP contribution in [0, 0.1) is 11.8 Å². The van der Waals surface area contributed by atoms with Crippen molar-refractivity contribution >= 4 is 33.2 Å². The van der Waals surface area contributed by atoms with Gasteiger partial charge in [0.25, 0.3) is 0 Å². The van der Waals surface area contributed by atoms with Crippen LogP contribution in [-0.2, 0) is 11.2 Å². The molecule has 6 nitrogen and oxygen atoms in total. The van der Waals surface area contributed by atoms with Gasteiger partial charge >= 0.3 is 0 Å². The Labute approximate surface area is 146 Å². The summed E-state index contributed by atoms with van der Waals surface area (Å²) in [7, 11) is 0. The molecule has 2 aliphatic heterocycles. The van der Waals surface area contributed by atoms with Crippen LogP contribution in [-0.4, -0.2) is 47.1 Å². The van der Waals surface area contributed by atoms with Crippen LogP contribution in [0.3, 0.4) is 0 Å². The fourth-order valence-electron chi connectivity index (χ4n) is 3.32. The molecule has 0 spiro atoms. The summed E-state index contributed by atoms with van der Waals surface area (Å²) in [6, 6.07) is 1.96. The number of hydrogen-bond donors (Lipinski definition) is 1. The number of nitrogens with zero attached hydrogens (tertiary/aromatic N) is 3. The Morgan fingerprint density at radius 2 is 2.22 bits per heavy atom. The van der Waals surface area contributed by atoms with Gasteiger partial charge in [0.2, 0.25) is 17.6 Å². The van der Waals surface area contributed by atoms with Gasteiger partial charge in [0, 0.05) is 48.9 Å². The fraction of sp³-hybridized carbons (Fsp3) is 0.533. The maximum atomic E-state index is 12.3. The number of aromatic nitrogens is 2. The first-order valence-corrected chi connectivity index (χ1v) is 9.42. The van der Waals surface area contributed by atoms with Gasteiger partial charge < -0.3 is 14.7 Å². The Kier molecular flexibility index (Phi) is 4.21. The normalized spacial score (nSPS) is 23.4. The van der Waals surface area contributed by atoms with Gasteiger partial charge in [0.1, 0.15) is 0 Å². The van der Waals surface area contributed by atoms with Crippen molar-refractivity contribution in [2.45, 2.75) is 12.8 Å². The lowest BCUT2D eigenvalue weighted by Crippen LogP contribution is -2.32. The number of amides is 1. The van der Waals surface area contributed by atoms with Crippen LogP contribution >= 0.6 is 27.3 Å². The SMILES string of the molecule is O=C(CCc1nc(-c2cc(Br)cs2)no1)N1C[C@H]2CNC[C@H]2C1. The van der Waals surface area contributed by atoms with E-state index in [4.69, 9.17) is 4.52 Å². The van der Waals surface area contributed by atoms with Gasteiger partial charge in [0.15, 0.2) is 0 Å². The van der Waals surface area contributed by atoms with E-state index < -0.39 is 0 Å². The number of hydrogen-bond acceptors (Lipinski definition) is 6. The molecule has 1 amide bonds. The topological polar surface area (TPSA) is 71.3 Å². The molecule has 23 heavy (non-hydrogen) atoms. The predicted molar refractivity (Wildman–Crippen MR) is 90.1 cm³/mol. The summed E-state index contributed by atoms with van der Waals surface area (Å²) in [5.74, 6) is 2.57. The molecular formula is C15H17BrN4O2S. The summed E-state index contributed by atoms with van der Waals surface area (Å²) in [4.78, 5) is 19.7. The molecule has 0 bridgehead atoms. The molecule has 0 radical (unpaired) electrons. The maximum absolute atomic E-state index is 12.3. The highest BCUT2D eigenvalue weighted by molar-refractivity contribution is 9.10. The number of aryl methyl sites for hydroxylation is 1. The number of rotatable bonds is 4. The van der Waals surface area contributed by atoms with Crippen molar-refractivity contribution in [3.8, 4) is 10.7 Å². The average molecular weight is 397 g/mol. The molecule has 1 N–H and O–H groups in total. The van der Waals surface area contributed by atoms with Gasteiger partial charge in [-0.25, -0.2) is 0 Å². The van der Waals surface area contributed by atoms with Gasteiger partial charge in [0.05, 0.1) is 4.88 Å². The first-order chi connectivity index (χ1) is 11.2. The van der Waals surface area contributed by atoms with Gasteiger partial charge in [-0.05, 0) is 33.8 Å². The summed E-state index contributed by atoms with van der Waals surface area (Å²) in [5.41, 5.74) is 0. The minimum Gasteiger partial charge on any atom is -0.342 e. The van der Waals surface area contributed by atoms with Crippen LogP contribution in [0.1, 0.15) is 12.3 Å². The van der Waals surface area contributed by atoms with Crippen molar-refractivity contribution in [3.05, 3.63) is 21.8 Å². The number of nitrogens with one attached hydrogen (secondary N) is 1. The minimum absolute atomic E-state index is 0.193. The zero-order valence-electron chi connectivity index (χ0n) is 12.5. The zero-order valence-corrected chi connectivity index (χ0v) is 14.9. The summed E-state index contributed by atoms with van der Waals surface area (Å²) < 4.78 is 6.27.